The van der Waals surface area contributed by atoms with E-state index in [2.05, 4.69) is 32.8 Å². The Balaban J connectivity index is 1.23. The van der Waals surface area contributed by atoms with Crippen molar-refractivity contribution in [2.75, 3.05) is 18.9 Å². The van der Waals surface area contributed by atoms with Crippen LogP contribution in [0.2, 0.25) is 0 Å². The third kappa shape index (κ3) is 7.15. The number of carbonyl (C=O) groups is 1. The fourth-order valence-corrected chi connectivity index (χ4v) is 4.15. The summed E-state index contributed by atoms with van der Waals surface area (Å²) in [4.78, 5) is 14.3. The minimum absolute atomic E-state index is 0.0904. The van der Waals surface area contributed by atoms with Gasteiger partial charge in [0.2, 0.25) is 0 Å². The standard InChI is InChI=1S/C26H32N4O4/c1-30(17-19-8-4-2-5-9-19)18-23-15-21(29-34-23)14-22-12-13-24(31)25(33-22)16-27-26(32)28-20-10-6-3-7-11-20/h2-11,15,22,24-25,31H,12-14,16-18H2,1H3,(H2,27,28,32)/t22-,24-,25+/m0/s1. The first-order valence-electron chi connectivity index (χ1n) is 11.7. The second-order valence-corrected chi connectivity index (χ2v) is 8.79. The highest BCUT2D eigenvalue weighted by molar-refractivity contribution is 5.89. The van der Waals surface area contributed by atoms with Crippen LogP contribution in [0.1, 0.15) is 29.9 Å². The number of aliphatic hydroxyl groups is 1. The first-order chi connectivity index (χ1) is 16.5. The summed E-state index contributed by atoms with van der Waals surface area (Å²) in [6.07, 6.45) is 0.765. The summed E-state index contributed by atoms with van der Waals surface area (Å²) < 4.78 is 11.6. The number of nitrogens with zero attached hydrogens (tertiary/aromatic N) is 2. The molecule has 0 saturated carbocycles. The summed E-state index contributed by atoms with van der Waals surface area (Å²) in [6.45, 7) is 1.72. The van der Waals surface area contributed by atoms with Gasteiger partial charge in [0.05, 0.1) is 24.4 Å². The zero-order valence-electron chi connectivity index (χ0n) is 19.4. The average Bonchev–Trinajstić information content (AvgIpc) is 3.27. The molecule has 0 bridgehead atoms. The van der Waals surface area contributed by atoms with Gasteiger partial charge in [-0.3, -0.25) is 4.90 Å². The maximum absolute atomic E-state index is 12.2. The number of hydrogen-bond donors (Lipinski definition) is 3. The van der Waals surface area contributed by atoms with E-state index in [9.17, 15) is 9.90 Å². The van der Waals surface area contributed by atoms with Gasteiger partial charge in [-0.25, -0.2) is 4.79 Å². The van der Waals surface area contributed by atoms with Gasteiger partial charge < -0.3 is 25.0 Å². The number of aliphatic hydroxyl groups excluding tert-OH is 1. The number of carbonyl (C=O) groups excluding carboxylic acids is 1. The van der Waals surface area contributed by atoms with E-state index in [1.807, 2.05) is 61.6 Å². The third-order valence-corrected chi connectivity index (χ3v) is 5.84. The Morgan fingerprint density at radius 2 is 1.82 bits per heavy atom. The van der Waals surface area contributed by atoms with E-state index in [1.165, 1.54) is 5.56 Å². The topological polar surface area (TPSA) is 99.9 Å². The molecule has 0 aliphatic carbocycles. The van der Waals surface area contributed by atoms with Crippen LogP contribution in [0, 0.1) is 0 Å². The third-order valence-electron chi connectivity index (χ3n) is 5.84. The zero-order chi connectivity index (χ0) is 23.8. The highest BCUT2D eigenvalue weighted by Crippen LogP contribution is 2.23. The molecule has 1 saturated heterocycles. The number of benzene rings is 2. The molecular formula is C26H32N4O4. The molecule has 180 valence electrons. The highest BCUT2D eigenvalue weighted by atomic mass is 16.5. The normalized spacial score (nSPS) is 20.3. The summed E-state index contributed by atoms with van der Waals surface area (Å²) in [7, 11) is 2.05. The van der Waals surface area contributed by atoms with Gasteiger partial charge in [-0.15, -0.1) is 0 Å². The number of rotatable bonds is 9. The maximum Gasteiger partial charge on any atom is 0.319 e. The van der Waals surface area contributed by atoms with Gasteiger partial charge in [0.1, 0.15) is 6.10 Å². The lowest BCUT2D eigenvalue weighted by molar-refractivity contribution is -0.113. The molecular weight excluding hydrogens is 432 g/mol. The van der Waals surface area contributed by atoms with Crippen LogP contribution in [0.3, 0.4) is 0 Å². The fraction of sp³-hybridized carbons (Fsp3) is 0.385. The largest absolute Gasteiger partial charge is 0.390 e. The molecule has 1 aromatic heterocycles. The van der Waals surface area contributed by atoms with Crippen LogP contribution in [-0.4, -0.2) is 53.1 Å². The summed E-state index contributed by atoms with van der Waals surface area (Å²) >= 11 is 0. The molecule has 2 heterocycles. The Labute approximate surface area is 199 Å². The molecule has 0 unspecified atom stereocenters. The summed E-state index contributed by atoms with van der Waals surface area (Å²) in [5.74, 6) is 0.806. The molecule has 0 spiro atoms. The van der Waals surface area contributed by atoms with E-state index in [1.54, 1.807) is 0 Å². The number of para-hydroxylation sites is 1. The monoisotopic (exact) mass is 464 g/mol. The average molecular weight is 465 g/mol. The molecule has 3 N–H and O–H groups in total. The van der Waals surface area contributed by atoms with Gasteiger partial charge in [-0.05, 0) is 37.6 Å². The summed E-state index contributed by atoms with van der Waals surface area (Å²) in [5, 5.41) is 20.1. The van der Waals surface area contributed by atoms with Crippen molar-refractivity contribution >= 4 is 11.7 Å². The van der Waals surface area contributed by atoms with Gasteiger partial charge in [-0.2, -0.15) is 0 Å². The SMILES string of the molecule is CN(Cc1ccccc1)Cc1cc(C[C@@H]2CC[C@H](O)[C@@H](CNC(=O)Nc3ccccc3)O2)no1. The van der Waals surface area contributed by atoms with Gasteiger partial charge in [0.25, 0.3) is 0 Å². The van der Waals surface area contributed by atoms with Crippen LogP contribution < -0.4 is 10.6 Å². The van der Waals surface area contributed by atoms with Crippen molar-refractivity contribution in [1.29, 1.82) is 0 Å². The molecule has 1 fully saturated rings. The van der Waals surface area contributed by atoms with Gasteiger partial charge in [-0.1, -0.05) is 53.7 Å². The lowest BCUT2D eigenvalue weighted by Gasteiger charge is -2.33. The Bertz CT molecular complexity index is 1030. The van der Waals surface area contributed by atoms with E-state index in [0.717, 1.165) is 24.4 Å². The number of ether oxygens (including phenoxy) is 1. The number of urea groups is 1. The Morgan fingerprint density at radius 1 is 1.09 bits per heavy atom. The van der Waals surface area contributed by atoms with Crippen LogP contribution >= 0.6 is 0 Å². The predicted molar refractivity (Wildman–Crippen MR) is 129 cm³/mol. The van der Waals surface area contributed by atoms with E-state index in [0.29, 0.717) is 25.1 Å². The molecule has 0 radical (unpaired) electrons. The smallest absolute Gasteiger partial charge is 0.319 e. The fourth-order valence-electron chi connectivity index (χ4n) is 4.15. The van der Waals surface area contributed by atoms with Crippen LogP contribution in [0.15, 0.2) is 71.3 Å². The Kier molecular flexibility index (Phi) is 8.30. The highest BCUT2D eigenvalue weighted by Gasteiger charge is 2.31. The zero-order valence-corrected chi connectivity index (χ0v) is 19.4. The second-order valence-electron chi connectivity index (χ2n) is 8.79. The minimum Gasteiger partial charge on any atom is -0.390 e. The molecule has 3 aromatic rings. The molecule has 3 atom stereocenters. The van der Waals surface area contributed by atoms with Gasteiger partial charge in [0, 0.05) is 31.3 Å². The van der Waals surface area contributed by atoms with Crippen LogP contribution in [0.5, 0.6) is 0 Å². The van der Waals surface area contributed by atoms with E-state index >= 15 is 0 Å². The van der Waals surface area contributed by atoms with Crippen molar-refractivity contribution in [1.82, 2.24) is 15.4 Å². The van der Waals surface area contributed by atoms with Crippen LogP contribution in [-0.2, 0) is 24.2 Å². The number of anilines is 1. The molecule has 4 rings (SSSR count). The van der Waals surface area contributed by atoms with E-state index in [-0.39, 0.29) is 18.7 Å². The quantitative estimate of drug-likeness (QED) is 0.448. The first-order valence-corrected chi connectivity index (χ1v) is 11.7. The maximum atomic E-state index is 12.2. The minimum atomic E-state index is -0.618. The van der Waals surface area contributed by atoms with Crippen molar-refractivity contribution in [3.8, 4) is 0 Å². The molecule has 1 aliphatic rings. The first kappa shape index (κ1) is 23.9. The predicted octanol–water partition coefficient (Wildman–Crippen LogP) is 3.58. The summed E-state index contributed by atoms with van der Waals surface area (Å²) in [6, 6.07) is 21.2. The van der Waals surface area contributed by atoms with Gasteiger partial charge in [0.15, 0.2) is 5.76 Å². The van der Waals surface area contributed by atoms with Crippen molar-refractivity contribution in [2.24, 2.45) is 0 Å². The molecule has 2 amide bonds. The van der Waals surface area contributed by atoms with Crippen molar-refractivity contribution < 1.29 is 19.2 Å². The Hall–Kier alpha value is -3.20. The molecule has 1 aliphatic heterocycles. The van der Waals surface area contributed by atoms with Crippen molar-refractivity contribution in [3.63, 3.8) is 0 Å². The molecule has 8 heteroatoms. The lowest BCUT2D eigenvalue weighted by Crippen LogP contribution is -2.47. The van der Waals surface area contributed by atoms with Gasteiger partial charge >= 0.3 is 6.03 Å². The van der Waals surface area contributed by atoms with Crippen molar-refractivity contribution in [3.05, 3.63) is 83.7 Å². The molecule has 8 nitrogen and oxygen atoms in total. The second kappa shape index (κ2) is 11.8. The summed E-state index contributed by atoms with van der Waals surface area (Å²) in [5.41, 5.74) is 2.79. The van der Waals surface area contributed by atoms with E-state index in [4.69, 9.17) is 9.26 Å². The molecule has 34 heavy (non-hydrogen) atoms. The van der Waals surface area contributed by atoms with E-state index < -0.39 is 12.2 Å². The van der Waals surface area contributed by atoms with Crippen LogP contribution in [0.25, 0.3) is 0 Å². The number of amides is 2. The van der Waals surface area contributed by atoms with Crippen molar-refractivity contribution in [2.45, 2.75) is 50.7 Å². The van der Waals surface area contributed by atoms with Crippen LogP contribution in [0.4, 0.5) is 10.5 Å². The number of aromatic nitrogens is 1. The Morgan fingerprint density at radius 3 is 2.59 bits per heavy atom. The number of hydrogen-bond acceptors (Lipinski definition) is 6. The number of nitrogens with one attached hydrogen (secondary N) is 2. The lowest BCUT2D eigenvalue weighted by atomic mass is 9.98. The molecule has 2 aromatic carbocycles.